The molecular weight excluding hydrogens is 376 g/mol. The first-order valence-electron chi connectivity index (χ1n) is 10.4. The van der Waals surface area contributed by atoms with E-state index in [2.05, 4.69) is 35.8 Å². The molecule has 1 amide bonds. The van der Waals surface area contributed by atoms with Crippen molar-refractivity contribution in [1.82, 2.24) is 14.3 Å². The van der Waals surface area contributed by atoms with Crippen LogP contribution in [0.25, 0.3) is 11.2 Å². The van der Waals surface area contributed by atoms with Gasteiger partial charge in [0.2, 0.25) is 0 Å². The van der Waals surface area contributed by atoms with E-state index in [9.17, 15) is 4.79 Å². The number of pyridine rings is 1. The number of ether oxygens (including phenoxy) is 1. The fraction of sp³-hybridized carbons (Fsp3) is 0.333. The maximum Gasteiger partial charge on any atom is 0.274 e. The molecule has 1 fully saturated rings. The van der Waals surface area contributed by atoms with E-state index in [0.717, 1.165) is 54.1 Å². The van der Waals surface area contributed by atoms with E-state index >= 15 is 0 Å². The van der Waals surface area contributed by atoms with E-state index in [1.165, 1.54) is 0 Å². The monoisotopic (exact) mass is 404 g/mol. The molecule has 156 valence electrons. The number of nitrogens with one attached hydrogen (secondary N) is 1. The summed E-state index contributed by atoms with van der Waals surface area (Å²) in [6.45, 7) is 10.2. The van der Waals surface area contributed by atoms with Crippen LogP contribution in [-0.2, 0) is 0 Å². The first-order chi connectivity index (χ1) is 14.5. The topological polar surface area (TPSA) is 58.9 Å². The summed E-state index contributed by atoms with van der Waals surface area (Å²) < 4.78 is 7.87. The molecule has 3 heterocycles. The molecule has 2 aromatic heterocycles. The van der Waals surface area contributed by atoms with E-state index < -0.39 is 0 Å². The van der Waals surface area contributed by atoms with E-state index in [1.54, 1.807) is 10.6 Å². The van der Waals surface area contributed by atoms with Gasteiger partial charge in [-0.15, -0.1) is 0 Å². The number of hydrogen-bond acceptors (Lipinski definition) is 4. The largest absolute Gasteiger partial charge is 0.489 e. The van der Waals surface area contributed by atoms with Gasteiger partial charge in [-0.1, -0.05) is 25.6 Å². The van der Waals surface area contributed by atoms with Crippen molar-refractivity contribution < 1.29 is 9.53 Å². The molecule has 1 saturated heterocycles. The Morgan fingerprint density at radius 3 is 2.93 bits per heavy atom. The summed E-state index contributed by atoms with van der Waals surface area (Å²) in [4.78, 5) is 19.7. The van der Waals surface area contributed by atoms with Gasteiger partial charge in [-0.05, 0) is 50.1 Å². The quantitative estimate of drug-likeness (QED) is 0.662. The summed E-state index contributed by atoms with van der Waals surface area (Å²) in [5, 5.41) is 3.04. The Bertz CT molecular complexity index is 1100. The third-order valence-electron chi connectivity index (χ3n) is 5.67. The van der Waals surface area contributed by atoms with Crippen molar-refractivity contribution in [3.8, 4) is 5.75 Å². The van der Waals surface area contributed by atoms with Gasteiger partial charge in [-0.3, -0.25) is 9.20 Å². The number of hydrogen-bond donors (Lipinski definition) is 1. The van der Waals surface area contributed by atoms with E-state index in [-0.39, 0.29) is 12.0 Å². The Hall–Kier alpha value is -3.12. The zero-order chi connectivity index (χ0) is 21.3. The number of rotatable bonds is 6. The van der Waals surface area contributed by atoms with Crippen LogP contribution in [0.4, 0.5) is 5.69 Å². The SMILES string of the molecule is C=C(CC)c1c(C)cccc1NC(=O)c1cnc2cc(OC3CCN(C)C3)ccn12. The Morgan fingerprint density at radius 1 is 1.37 bits per heavy atom. The van der Waals surface area contributed by atoms with Gasteiger partial charge in [0.05, 0.1) is 6.20 Å². The molecule has 1 aliphatic heterocycles. The molecule has 30 heavy (non-hydrogen) atoms. The molecular formula is C24H28N4O2. The Labute approximate surface area is 177 Å². The molecule has 1 N–H and O–H groups in total. The molecule has 0 aliphatic carbocycles. The number of benzene rings is 1. The predicted molar refractivity (Wildman–Crippen MR) is 120 cm³/mol. The van der Waals surface area contributed by atoms with Crippen LogP contribution in [0.1, 0.15) is 41.4 Å². The van der Waals surface area contributed by atoms with Crippen molar-refractivity contribution in [2.75, 3.05) is 25.5 Å². The Balaban J connectivity index is 1.56. The molecule has 6 heteroatoms. The average Bonchev–Trinajstić information content (AvgIpc) is 3.33. The number of allylic oxidation sites excluding steroid dienone is 1. The summed E-state index contributed by atoms with van der Waals surface area (Å²) in [5.41, 5.74) is 5.03. The van der Waals surface area contributed by atoms with Crippen LogP contribution >= 0.6 is 0 Å². The lowest BCUT2D eigenvalue weighted by atomic mass is 9.98. The third-order valence-corrected chi connectivity index (χ3v) is 5.67. The number of carbonyl (C=O) groups is 1. The van der Waals surface area contributed by atoms with Gasteiger partial charge < -0.3 is 15.0 Å². The van der Waals surface area contributed by atoms with Crippen LogP contribution in [0.2, 0.25) is 0 Å². The van der Waals surface area contributed by atoms with Crippen molar-refractivity contribution in [2.24, 2.45) is 0 Å². The van der Waals surface area contributed by atoms with Crippen LogP contribution in [-0.4, -0.2) is 46.4 Å². The first kappa shape index (κ1) is 20.2. The Kier molecular flexibility index (Phi) is 5.59. The maximum absolute atomic E-state index is 13.0. The molecule has 0 bridgehead atoms. The highest BCUT2D eigenvalue weighted by atomic mass is 16.5. The van der Waals surface area contributed by atoms with E-state index in [0.29, 0.717) is 11.3 Å². The zero-order valence-corrected chi connectivity index (χ0v) is 17.8. The fourth-order valence-electron chi connectivity index (χ4n) is 3.99. The number of nitrogens with zero attached hydrogens (tertiary/aromatic N) is 3. The number of carbonyl (C=O) groups excluding carboxylic acids is 1. The summed E-state index contributed by atoms with van der Waals surface area (Å²) in [5.74, 6) is 0.574. The van der Waals surface area contributed by atoms with Gasteiger partial charge >= 0.3 is 0 Å². The number of aryl methyl sites for hydroxylation is 1. The molecule has 0 radical (unpaired) electrons. The smallest absolute Gasteiger partial charge is 0.274 e. The number of imidazole rings is 1. The third kappa shape index (κ3) is 3.96. The maximum atomic E-state index is 13.0. The lowest BCUT2D eigenvalue weighted by Crippen LogP contribution is -2.21. The molecule has 1 aromatic carbocycles. The number of likely N-dealkylation sites (tertiary alicyclic amines) is 1. The molecule has 6 nitrogen and oxygen atoms in total. The van der Waals surface area contributed by atoms with E-state index in [4.69, 9.17) is 4.74 Å². The molecule has 1 atom stereocenters. The van der Waals surface area contributed by atoms with Gasteiger partial charge in [0.25, 0.3) is 5.91 Å². The van der Waals surface area contributed by atoms with Crippen molar-refractivity contribution in [3.63, 3.8) is 0 Å². The molecule has 0 spiro atoms. The van der Waals surface area contributed by atoms with Crippen molar-refractivity contribution >= 4 is 22.8 Å². The van der Waals surface area contributed by atoms with Crippen LogP contribution in [0, 0.1) is 6.92 Å². The van der Waals surface area contributed by atoms with Crippen molar-refractivity contribution in [1.29, 1.82) is 0 Å². The summed E-state index contributed by atoms with van der Waals surface area (Å²) in [6, 6.07) is 9.65. The number of fused-ring (bicyclic) bond motifs is 1. The minimum absolute atomic E-state index is 0.196. The summed E-state index contributed by atoms with van der Waals surface area (Å²) in [6.07, 6.45) is 5.48. The lowest BCUT2D eigenvalue weighted by Gasteiger charge is -2.15. The highest BCUT2D eigenvalue weighted by Crippen LogP contribution is 2.29. The van der Waals surface area contributed by atoms with Gasteiger partial charge in [-0.25, -0.2) is 4.98 Å². The average molecular weight is 405 g/mol. The second kappa shape index (κ2) is 8.32. The number of aromatic nitrogens is 2. The summed E-state index contributed by atoms with van der Waals surface area (Å²) in [7, 11) is 2.10. The van der Waals surface area contributed by atoms with E-state index in [1.807, 2.05) is 43.5 Å². The second-order valence-corrected chi connectivity index (χ2v) is 7.93. The minimum atomic E-state index is -0.204. The number of anilines is 1. The number of likely N-dealkylation sites (N-methyl/N-ethyl adjacent to an activating group) is 1. The van der Waals surface area contributed by atoms with Gasteiger partial charge in [0.15, 0.2) is 0 Å². The van der Waals surface area contributed by atoms with Crippen LogP contribution < -0.4 is 10.1 Å². The van der Waals surface area contributed by atoms with Gasteiger partial charge in [0.1, 0.15) is 23.2 Å². The van der Waals surface area contributed by atoms with Crippen LogP contribution in [0.5, 0.6) is 5.75 Å². The molecule has 3 aromatic rings. The minimum Gasteiger partial charge on any atom is -0.489 e. The molecule has 1 aliphatic rings. The highest BCUT2D eigenvalue weighted by molar-refractivity contribution is 6.05. The van der Waals surface area contributed by atoms with Crippen molar-refractivity contribution in [3.05, 3.63) is 66.1 Å². The van der Waals surface area contributed by atoms with Crippen LogP contribution in [0.15, 0.2) is 49.3 Å². The van der Waals surface area contributed by atoms with Crippen molar-refractivity contribution in [2.45, 2.75) is 32.8 Å². The molecule has 1 unspecified atom stereocenters. The van der Waals surface area contributed by atoms with Crippen LogP contribution in [0.3, 0.4) is 0 Å². The first-order valence-corrected chi connectivity index (χ1v) is 10.4. The normalized spacial score (nSPS) is 16.7. The summed E-state index contributed by atoms with van der Waals surface area (Å²) >= 11 is 0. The predicted octanol–water partition coefficient (Wildman–Crippen LogP) is 4.40. The Morgan fingerprint density at radius 2 is 2.20 bits per heavy atom. The number of amides is 1. The zero-order valence-electron chi connectivity index (χ0n) is 17.8. The lowest BCUT2D eigenvalue weighted by molar-refractivity contribution is 0.102. The fourth-order valence-corrected chi connectivity index (χ4v) is 3.99. The second-order valence-electron chi connectivity index (χ2n) is 7.93. The van der Waals surface area contributed by atoms with Gasteiger partial charge in [0, 0.05) is 36.6 Å². The highest BCUT2D eigenvalue weighted by Gasteiger charge is 2.21. The van der Waals surface area contributed by atoms with Gasteiger partial charge in [-0.2, -0.15) is 0 Å². The molecule has 0 saturated carbocycles. The standard InChI is InChI=1S/C24H28N4O2/c1-5-16(2)23-17(3)7-6-8-20(23)26-24(29)21-14-25-22-13-18(10-12-28(21)22)30-19-9-11-27(4)15-19/h6-8,10,12-14,19H,2,5,9,11,15H2,1,3-4H3,(H,26,29). The molecule has 4 rings (SSSR count).